The summed E-state index contributed by atoms with van der Waals surface area (Å²) in [5.74, 6) is -0.657. The van der Waals surface area contributed by atoms with Gasteiger partial charge in [-0.25, -0.2) is 0 Å². The van der Waals surface area contributed by atoms with Gasteiger partial charge in [0.1, 0.15) is 5.54 Å². The quantitative estimate of drug-likeness (QED) is 0.753. The van der Waals surface area contributed by atoms with Crippen LogP contribution in [0.4, 0.5) is 0 Å². The molecule has 2 N–H and O–H groups in total. The molecule has 2 saturated heterocycles. The number of hydrogen-bond acceptors (Lipinski definition) is 3. The standard InChI is InChI=1S/C12H22N2O2/c1-2-7-13-12(11(15)16)6-9-14-8-4-3-5-10(12)14/h10,13H,2-9H2,1H3,(H,15,16). The molecule has 0 amide bonds. The number of carboxylic acids is 1. The Bertz CT molecular complexity index is 270. The summed E-state index contributed by atoms with van der Waals surface area (Å²) in [5, 5.41) is 12.8. The minimum absolute atomic E-state index is 0.213. The molecule has 0 radical (unpaired) electrons. The lowest BCUT2D eigenvalue weighted by molar-refractivity contribution is -0.146. The fourth-order valence-corrected chi connectivity index (χ4v) is 3.18. The smallest absolute Gasteiger partial charge is 0.325 e. The Morgan fingerprint density at radius 2 is 2.31 bits per heavy atom. The van der Waals surface area contributed by atoms with Crippen LogP contribution < -0.4 is 5.32 Å². The number of nitrogens with zero attached hydrogens (tertiary/aromatic N) is 1. The summed E-state index contributed by atoms with van der Waals surface area (Å²) >= 11 is 0. The van der Waals surface area contributed by atoms with E-state index in [-0.39, 0.29) is 6.04 Å². The third-order valence-corrected chi connectivity index (χ3v) is 4.05. The van der Waals surface area contributed by atoms with Crippen LogP contribution in [0.25, 0.3) is 0 Å². The van der Waals surface area contributed by atoms with E-state index in [9.17, 15) is 9.90 Å². The van der Waals surface area contributed by atoms with Crippen LogP contribution in [0.5, 0.6) is 0 Å². The normalized spacial score (nSPS) is 34.9. The van der Waals surface area contributed by atoms with E-state index in [0.29, 0.717) is 0 Å². The summed E-state index contributed by atoms with van der Waals surface area (Å²) in [6.07, 6.45) is 5.17. The minimum atomic E-state index is -0.670. The summed E-state index contributed by atoms with van der Waals surface area (Å²) in [5.41, 5.74) is -0.670. The maximum Gasteiger partial charge on any atom is 0.325 e. The summed E-state index contributed by atoms with van der Waals surface area (Å²) < 4.78 is 0. The van der Waals surface area contributed by atoms with Crippen LogP contribution in [0.1, 0.15) is 39.0 Å². The highest BCUT2D eigenvalue weighted by molar-refractivity contribution is 5.80. The Hall–Kier alpha value is -0.610. The molecule has 0 aromatic rings. The molecule has 2 atom stereocenters. The third kappa shape index (κ3) is 1.84. The molecule has 2 aliphatic heterocycles. The number of fused-ring (bicyclic) bond motifs is 1. The van der Waals surface area contributed by atoms with Crippen molar-refractivity contribution in [2.75, 3.05) is 19.6 Å². The Labute approximate surface area is 97.0 Å². The second kappa shape index (κ2) is 4.72. The van der Waals surface area contributed by atoms with E-state index in [1.54, 1.807) is 0 Å². The molecule has 0 aromatic heterocycles. The molecular formula is C12H22N2O2. The molecule has 0 aromatic carbocycles. The maximum absolute atomic E-state index is 11.6. The molecule has 2 rings (SSSR count). The van der Waals surface area contributed by atoms with Crippen LogP contribution in [0.2, 0.25) is 0 Å². The molecule has 2 fully saturated rings. The Morgan fingerprint density at radius 1 is 1.50 bits per heavy atom. The van der Waals surface area contributed by atoms with Gasteiger partial charge in [-0.15, -0.1) is 0 Å². The van der Waals surface area contributed by atoms with Gasteiger partial charge in [0.05, 0.1) is 0 Å². The average molecular weight is 226 g/mol. The van der Waals surface area contributed by atoms with Gasteiger partial charge in [0, 0.05) is 12.6 Å². The van der Waals surface area contributed by atoms with E-state index in [1.807, 2.05) is 0 Å². The van der Waals surface area contributed by atoms with E-state index < -0.39 is 11.5 Å². The van der Waals surface area contributed by atoms with Crippen molar-refractivity contribution < 1.29 is 9.90 Å². The highest BCUT2D eigenvalue weighted by Crippen LogP contribution is 2.35. The van der Waals surface area contributed by atoms with Crippen LogP contribution in [0.3, 0.4) is 0 Å². The summed E-state index contributed by atoms with van der Waals surface area (Å²) in [7, 11) is 0. The van der Waals surface area contributed by atoms with E-state index in [0.717, 1.165) is 38.9 Å². The van der Waals surface area contributed by atoms with Crippen LogP contribution >= 0.6 is 0 Å². The first-order valence-electron chi connectivity index (χ1n) is 6.43. The van der Waals surface area contributed by atoms with Crippen molar-refractivity contribution in [1.29, 1.82) is 0 Å². The molecule has 16 heavy (non-hydrogen) atoms. The van der Waals surface area contributed by atoms with Gasteiger partial charge in [0.2, 0.25) is 0 Å². The van der Waals surface area contributed by atoms with Gasteiger partial charge in [-0.2, -0.15) is 0 Å². The topological polar surface area (TPSA) is 52.6 Å². The highest BCUT2D eigenvalue weighted by Gasteiger charge is 2.52. The Morgan fingerprint density at radius 3 is 3.00 bits per heavy atom. The minimum Gasteiger partial charge on any atom is -0.480 e. The summed E-state index contributed by atoms with van der Waals surface area (Å²) in [6.45, 7) is 4.90. The number of hydrogen-bond donors (Lipinski definition) is 2. The van der Waals surface area contributed by atoms with E-state index in [2.05, 4.69) is 17.1 Å². The first-order chi connectivity index (χ1) is 7.70. The van der Waals surface area contributed by atoms with Crippen LogP contribution in [0.15, 0.2) is 0 Å². The lowest BCUT2D eigenvalue weighted by atomic mass is 9.85. The number of rotatable bonds is 4. The number of carbonyl (C=O) groups is 1. The monoisotopic (exact) mass is 226 g/mol. The van der Waals surface area contributed by atoms with Gasteiger partial charge >= 0.3 is 5.97 Å². The predicted molar refractivity (Wildman–Crippen MR) is 62.5 cm³/mol. The van der Waals surface area contributed by atoms with Gasteiger partial charge in [0.25, 0.3) is 0 Å². The van der Waals surface area contributed by atoms with Crippen molar-refractivity contribution in [3.8, 4) is 0 Å². The Kier molecular flexibility index (Phi) is 3.50. The maximum atomic E-state index is 11.6. The van der Waals surface area contributed by atoms with Crippen LogP contribution in [-0.2, 0) is 4.79 Å². The third-order valence-electron chi connectivity index (χ3n) is 4.05. The van der Waals surface area contributed by atoms with E-state index in [1.165, 1.54) is 12.8 Å². The highest BCUT2D eigenvalue weighted by atomic mass is 16.4. The fraction of sp³-hybridized carbons (Fsp3) is 0.917. The zero-order valence-electron chi connectivity index (χ0n) is 10.0. The van der Waals surface area contributed by atoms with Gasteiger partial charge in [-0.05, 0) is 38.8 Å². The summed E-state index contributed by atoms with van der Waals surface area (Å²) in [6, 6.07) is 0.213. The van der Waals surface area contributed by atoms with Crippen molar-refractivity contribution in [3.05, 3.63) is 0 Å². The van der Waals surface area contributed by atoms with Crippen molar-refractivity contribution in [1.82, 2.24) is 10.2 Å². The van der Waals surface area contributed by atoms with Crippen molar-refractivity contribution >= 4 is 5.97 Å². The van der Waals surface area contributed by atoms with Gasteiger partial charge in [-0.3, -0.25) is 9.69 Å². The first-order valence-corrected chi connectivity index (χ1v) is 6.43. The van der Waals surface area contributed by atoms with E-state index >= 15 is 0 Å². The molecule has 2 heterocycles. The number of aliphatic carboxylic acids is 1. The second-order valence-corrected chi connectivity index (χ2v) is 5.00. The summed E-state index contributed by atoms with van der Waals surface area (Å²) in [4.78, 5) is 14.0. The zero-order chi connectivity index (χ0) is 11.6. The molecule has 0 bridgehead atoms. The van der Waals surface area contributed by atoms with Crippen molar-refractivity contribution in [2.24, 2.45) is 0 Å². The largest absolute Gasteiger partial charge is 0.480 e. The fourth-order valence-electron chi connectivity index (χ4n) is 3.18. The second-order valence-electron chi connectivity index (χ2n) is 5.00. The first kappa shape index (κ1) is 11.9. The van der Waals surface area contributed by atoms with Gasteiger partial charge in [-0.1, -0.05) is 13.3 Å². The molecule has 0 spiro atoms. The Balaban J connectivity index is 2.15. The lowest BCUT2D eigenvalue weighted by Crippen LogP contribution is -2.61. The molecule has 2 unspecified atom stereocenters. The van der Waals surface area contributed by atoms with Crippen LogP contribution in [0, 0.1) is 0 Å². The van der Waals surface area contributed by atoms with Gasteiger partial charge < -0.3 is 10.4 Å². The predicted octanol–water partition coefficient (Wildman–Crippen LogP) is 1.07. The molecule has 92 valence electrons. The molecule has 0 aliphatic carbocycles. The SMILES string of the molecule is CCCNC1(C(=O)O)CCN2CCCCC21. The number of piperidine rings is 1. The van der Waals surface area contributed by atoms with Crippen molar-refractivity contribution in [3.63, 3.8) is 0 Å². The molecular weight excluding hydrogens is 204 g/mol. The molecule has 2 aliphatic rings. The van der Waals surface area contributed by atoms with Crippen molar-refractivity contribution in [2.45, 2.75) is 50.6 Å². The molecule has 4 heteroatoms. The zero-order valence-corrected chi connectivity index (χ0v) is 10.0. The average Bonchev–Trinajstić information content (AvgIpc) is 2.67. The lowest BCUT2D eigenvalue weighted by Gasteiger charge is -2.38. The molecule has 4 nitrogen and oxygen atoms in total. The van der Waals surface area contributed by atoms with E-state index in [4.69, 9.17) is 0 Å². The van der Waals surface area contributed by atoms with Crippen LogP contribution in [-0.4, -0.2) is 47.2 Å². The molecule has 0 saturated carbocycles. The number of carboxylic acid groups (broad SMARTS) is 1. The van der Waals surface area contributed by atoms with Gasteiger partial charge in [0.15, 0.2) is 0 Å². The number of nitrogens with one attached hydrogen (secondary N) is 1.